The molecule has 0 aliphatic carbocycles. The summed E-state index contributed by atoms with van der Waals surface area (Å²) >= 11 is 4.99. The topological polar surface area (TPSA) is 42.1 Å². The van der Waals surface area contributed by atoms with Gasteiger partial charge in [0.25, 0.3) is 0 Å². The second-order valence-electron chi connectivity index (χ2n) is 4.32. The minimum Gasteiger partial charge on any atom is -0.389 e. The number of nitrogens with two attached hydrogens (primary N) is 1. The third-order valence-electron chi connectivity index (χ3n) is 2.96. The summed E-state index contributed by atoms with van der Waals surface area (Å²) in [5.74, 6) is 1.61. The van der Waals surface area contributed by atoms with E-state index >= 15 is 0 Å². The van der Waals surface area contributed by atoms with Crippen LogP contribution in [0.15, 0.2) is 18.3 Å². The van der Waals surface area contributed by atoms with Crippen molar-refractivity contribution in [2.45, 2.75) is 27.2 Å². The van der Waals surface area contributed by atoms with E-state index in [0.29, 0.717) is 10.9 Å². The van der Waals surface area contributed by atoms with Crippen LogP contribution in [0.1, 0.15) is 32.8 Å². The summed E-state index contributed by atoms with van der Waals surface area (Å²) in [6.07, 6.45) is 2.94. The highest BCUT2D eigenvalue weighted by molar-refractivity contribution is 7.80. The van der Waals surface area contributed by atoms with Crippen molar-refractivity contribution in [3.05, 3.63) is 23.9 Å². The van der Waals surface area contributed by atoms with Crippen LogP contribution in [0.5, 0.6) is 0 Å². The number of pyridine rings is 1. The molecule has 0 radical (unpaired) electrons. The van der Waals surface area contributed by atoms with Crippen LogP contribution >= 0.6 is 12.2 Å². The molecule has 1 aromatic heterocycles. The number of nitrogens with zero attached hydrogens (tertiary/aromatic N) is 2. The van der Waals surface area contributed by atoms with Crippen LogP contribution in [0.25, 0.3) is 0 Å². The Hall–Kier alpha value is -1.16. The molecule has 1 aromatic rings. The molecule has 94 valence electrons. The van der Waals surface area contributed by atoms with Crippen LogP contribution < -0.4 is 10.6 Å². The van der Waals surface area contributed by atoms with Gasteiger partial charge in [-0.1, -0.05) is 32.5 Å². The van der Waals surface area contributed by atoms with Crippen molar-refractivity contribution >= 4 is 23.0 Å². The SMILES string of the molecule is CCC(C)CN(CC)c1cc(C(N)=S)ccn1. The van der Waals surface area contributed by atoms with Gasteiger partial charge in [-0.05, 0) is 25.0 Å². The maximum Gasteiger partial charge on any atom is 0.129 e. The van der Waals surface area contributed by atoms with Crippen molar-refractivity contribution in [1.82, 2.24) is 4.98 Å². The van der Waals surface area contributed by atoms with E-state index in [9.17, 15) is 0 Å². The Morgan fingerprint density at radius 1 is 1.53 bits per heavy atom. The molecule has 0 fully saturated rings. The van der Waals surface area contributed by atoms with Gasteiger partial charge in [-0.25, -0.2) is 4.98 Å². The van der Waals surface area contributed by atoms with Crippen LogP contribution in [0.3, 0.4) is 0 Å². The summed E-state index contributed by atoms with van der Waals surface area (Å²) in [6, 6.07) is 3.82. The highest BCUT2D eigenvalue weighted by Gasteiger charge is 2.10. The molecule has 2 N–H and O–H groups in total. The average Bonchev–Trinajstić information content (AvgIpc) is 2.35. The predicted molar refractivity (Wildman–Crippen MR) is 77.5 cm³/mol. The number of thiocarbonyl (C=S) groups is 1. The summed E-state index contributed by atoms with van der Waals surface area (Å²) in [4.78, 5) is 7.08. The van der Waals surface area contributed by atoms with Gasteiger partial charge in [0.05, 0.1) is 0 Å². The Labute approximate surface area is 109 Å². The molecule has 1 unspecified atom stereocenters. The van der Waals surface area contributed by atoms with E-state index in [1.807, 2.05) is 12.1 Å². The second-order valence-corrected chi connectivity index (χ2v) is 4.76. The molecule has 3 nitrogen and oxygen atoms in total. The molecule has 0 aromatic carbocycles. The lowest BCUT2D eigenvalue weighted by molar-refractivity contribution is 0.545. The first kappa shape index (κ1) is 13.9. The number of aromatic nitrogens is 1. The van der Waals surface area contributed by atoms with E-state index in [2.05, 4.69) is 30.7 Å². The Bertz CT molecular complexity index is 379. The summed E-state index contributed by atoms with van der Waals surface area (Å²) in [5, 5.41) is 0. The van der Waals surface area contributed by atoms with Crippen molar-refractivity contribution in [2.24, 2.45) is 11.7 Å². The first-order valence-corrected chi connectivity index (χ1v) is 6.50. The molecule has 17 heavy (non-hydrogen) atoms. The van der Waals surface area contributed by atoms with Gasteiger partial charge in [0.2, 0.25) is 0 Å². The van der Waals surface area contributed by atoms with E-state index in [4.69, 9.17) is 18.0 Å². The minimum absolute atomic E-state index is 0.424. The molecule has 0 aliphatic heterocycles. The third-order valence-corrected chi connectivity index (χ3v) is 3.20. The molecular weight excluding hydrogens is 230 g/mol. The number of hydrogen-bond acceptors (Lipinski definition) is 3. The first-order chi connectivity index (χ1) is 8.08. The molecule has 0 saturated carbocycles. The van der Waals surface area contributed by atoms with Gasteiger partial charge >= 0.3 is 0 Å². The van der Waals surface area contributed by atoms with Gasteiger partial charge in [0, 0.05) is 24.8 Å². The van der Waals surface area contributed by atoms with E-state index in [0.717, 1.165) is 24.5 Å². The Morgan fingerprint density at radius 3 is 2.76 bits per heavy atom. The number of anilines is 1. The zero-order valence-corrected chi connectivity index (χ0v) is 11.6. The lowest BCUT2D eigenvalue weighted by Gasteiger charge is -2.25. The fourth-order valence-corrected chi connectivity index (χ4v) is 1.76. The third kappa shape index (κ3) is 3.97. The van der Waals surface area contributed by atoms with E-state index in [-0.39, 0.29) is 0 Å². The van der Waals surface area contributed by atoms with Crippen LogP contribution in [0.4, 0.5) is 5.82 Å². The van der Waals surface area contributed by atoms with Crippen LogP contribution in [-0.2, 0) is 0 Å². The Kier molecular flexibility index (Phi) is 5.35. The van der Waals surface area contributed by atoms with E-state index in [1.54, 1.807) is 6.20 Å². The minimum atomic E-state index is 0.424. The quantitative estimate of drug-likeness (QED) is 0.789. The van der Waals surface area contributed by atoms with Crippen molar-refractivity contribution in [2.75, 3.05) is 18.0 Å². The van der Waals surface area contributed by atoms with Crippen LogP contribution in [0.2, 0.25) is 0 Å². The molecule has 1 heterocycles. The maximum absolute atomic E-state index is 5.64. The molecule has 1 atom stereocenters. The van der Waals surface area contributed by atoms with Gasteiger partial charge in [-0.15, -0.1) is 0 Å². The monoisotopic (exact) mass is 251 g/mol. The van der Waals surface area contributed by atoms with Crippen molar-refractivity contribution in [1.29, 1.82) is 0 Å². The van der Waals surface area contributed by atoms with Crippen molar-refractivity contribution in [3.8, 4) is 0 Å². The number of rotatable bonds is 6. The number of hydrogen-bond donors (Lipinski definition) is 1. The van der Waals surface area contributed by atoms with Gasteiger partial charge in [0.1, 0.15) is 10.8 Å². The lowest BCUT2D eigenvalue weighted by atomic mass is 10.1. The first-order valence-electron chi connectivity index (χ1n) is 6.09. The molecule has 0 bridgehead atoms. The Balaban J connectivity index is 2.88. The average molecular weight is 251 g/mol. The summed E-state index contributed by atoms with van der Waals surface area (Å²) < 4.78 is 0. The molecule has 1 rings (SSSR count). The Morgan fingerprint density at radius 2 is 2.24 bits per heavy atom. The van der Waals surface area contributed by atoms with Gasteiger partial charge in [-0.2, -0.15) is 0 Å². The lowest BCUT2D eigenvalue weighted by Crippen LogP contribution is -2.29. The summed E-state index contributed by atoms with van der Waals surface area (Å²) in [5.41, 5.74) is 6.52. The van der Waals surface area contributed by atoms with E-state index in [1.165, 1.54) is 6.42 Å². The molecule has 0 saturated heterocycles. The molecule has 0 spiro atoms. The zero-order chi connectivity index (χ0) is 12.8. The summed E-state index contributed by atoms with van der Waals surface area (Å²) in [7, 11) is 0. The maximum atomic E-state index is 5.64. The normalized spacial score (nSPS) is 12.2. The van der Waals surface area contributed by atoms with Crippen molar-refractivity contribution in [3.63, 3.8) is 0 Å². The highest BCUT2D eigenvalue weighted by Crippen LogP contribution is 2.15. The van der Waals surface area contributed by atoms with Crippen LogP contribution in [0, 0.1) is 5.92 Å². The predicted octanol–water partition coefficient (Wildman–Crippen LogP) is 2.59. The zero-order valence-electron chi connectivity index (χ0n) is 10.8. The fourth-order valence-electron chi connectivity index (χ4n) is 1.63. The molecule has 0 amide bonds. The molecule has 0 aliphatic rings. The van der Waals surface area contributed by atoms with Gasteiger partial charge in [0.15, 0.2) is 0 Å². The standard InChI is InChI=1S/C13H21N3S/c1-4-10(3)9-16(5-2)12-8-11(13(14)17)6-7-15-12/h6-8,10H,4-5,9H2,1-3H3,(H2,14,17). The van der Waals surface area contributed by atoms with Crippen molar-refractivity contribution < 1.29 is 0 Å². The van der Waals surface area contributed by atoms with Gasteiger partial charge < -0.3 is 10.6 Å². The van der Waals surface area contributed by atoms with E-state index < -0.39 is 0 Å². The smallest absolute Gasteiger partial charge is 0.129 e. The fraction of sp³-hybridized carbons (Fsp3) is 0.538. The summed E-state index contributed by atoms with van der Waals surface area (Å²) in [6.45, 7) is 8.55. The second kappa shape index (κ2) is 6.55. The largest absolute Gasteiger partial charge is 0.389 e. The molecule has 4 heteroatoms. The molecular formula is C13H21N3S. The van der Waals surface area contributed by atoms with Crippen LogP contribution in [-0.4, -0.2) is 23.1 Å². The van der Waals surface area contributed by atoms with Gasteiger partial charge in [-0.3, -0.25) is 0 Å². The highest BCUT2D eigenvalue weighted by atomic mass is 32.1.